The van der Waals surface area contributed by atoms with E-state index >= 15 is 0 Å². The third-order valence-electron chi connectivity index (χ3n) is 3.84. The summed E-state index contributed by atoms with van der Waals surface area (Å²) in [4.78, 5) is 33.3. The van der Waals surface area contributed by atoms with Crippen LogP contribution >= 0.6 is 0 Å². The topological polar surface area (TPSA) is 146 Å². The maximum absolute atomic E-state index is 12.4. The number of carbonyl (C=O) groups excluding carboxylic acids is 1. The molecule has 152 valence electrons. The number of nitrogens with zero attached hydrogens (tertiary/aromatic N) is 3. The molecule has 0 aliphatic rings. The fourth-order valence-corrected chi connectivity index (χ4v) is 2.41. The van der Waals surface area contributed by atoms with Gasteiger partial charge in [-0.3, -0.25) is 25.0 Å². The Labute approximate surface area is 165 Å². The lowest BCUT2D eigenvalue weighted by molar-refractivity contribution is -0.385. The molecule has 0 spiro atoms. The van der Waals surface area contributed by atoms with Gasteiger partial charge in [0, 0.05) is 23.8 Å². The van der Waals surface area contributed by atoms with Gasteiger partial charge >= 0.3 is 5.69 Å². The largest absolute Gasteiger partial charge is 0.496 e. The van der Waals surface area contributed by atoms with Crippen molar-refractivity contribution in [3.05, 3.63) is 67.8 Å². The number of nitro benzene ring substituents is 2. The average Bonchev–Trinajstić information content (AvgIpc) is 2.71. The van der Waals surface area contributed by atoms with Gasteiger partial charge in [-0.05, 0) is 32.0 Å². The fourth-order valence-electron chi connectivity index (χ4n) is 2.41. The van der Waals surface area contributed by atoms with E-state index in [1.54, 1.807) is 19.9 Å². The number of hydrogen-bond acceptors (Lipinski definition) is 8. The van der Waals surface area contributed by atoms with Crippen LogP contribution in [-0.2, 0) is 0 Å². The zero-order chi connectivity index (χ0) is 21.6. The molecule has 0 unspecified atom stereocenters. The van der Waals surface area contributed by atoms with Crippen molar-refractivity contribution in [3.63, 3.8) is 0 Å². The Morgan fingerprint density at radius 3 is 2.38 bits per heavy atom. The van der Waals surface area contributed by atoms with Crippen molar-refractivity contribution in [3.8, 4) is 11.5 Å². The summed E-state index contributed by atoms with van der Waals surface area (Å²) in [6.45, 7) is 3.53. The van der Waals surface area contributed by atoms with Gasteiger partial charge in [-0.1, -0.05) is 0 Å². The monoisotopic (exact) mass is 402 g/mol. The highest BCUT2D eigenvalue weighted by atomic mass is 16.6. The first-order valence-electron chi connectivity index (χ1n) is 8.37. The fraction of sp³-hybridized carbons (Fsp3) is 0.222. The third kappa shape index (κ3) is 5.03. The van der Waals surface area contributed by atoms with Gasteiger partial charge in [0.05, 0.1) is 34.8 Å². The van der Waals surface area contributed by atoms with E-state index in [9.17, 15) is 25.0 Å². The van der Waals surface area contributed by atoms with Crippen LogP contribution in [0, 0.1) is 20.2 Å². The highest BCUT2D eigenvalue weighted by Gasteiger charge is 2.19. The molecule has 0 saturated carbocycles. The normalized spacial score (nSPS) is 10.9. The first-order chi connectivity index (χ1) is 13.8. The number of benzene rings is 2. The molecule has 29 heavy (non-hydrogen) atoms. The zero-order valence-corrected chi connectivity index (χ0v) is 15.9. The highest BCUT2D eigenvalue weighted by molar-refractivity contribution is 6.02. The Morgan fingerprint density at radius 1 is 1.10 bits per heavy atom. The third-order valence-corrected chi connectivity index (χ3v) is 3.84. The molecular weight excluding hydrogens is 384 g/mol. The molecule has 0 aromatic heterocycles. The van der Waals surface area contributed by atoms with Gasteiger partial charge in [0.15, 0.2) is 5.75 Å². The van der Waals surface area contributed by atoms with Crippen LogP contribution in [0.1, 0.15) is 29.8 Å². The Morgan fingerprint density at radius 2 is 1.79 bits per heavy atom. The number of hydrogen-bond donors (Lipinski definition) is 1. The molecule has 0 atom stereocenters. The van der Waals surface area contributed by atoms with E-state index in [0.717, 1.165) is 6.07 Å². The highest BCUT2D eigenvalue weighted by Crippen LogP contribution is 2.28. The minimum Gasteiger partial charge on any atom is -0.496 e. The minimum absolute atomic E-state index is 0.0732. The zero-order valence-electron chi connectivity index (χ0n) is 15.9. The van der Waals surface area contributed by atoms with Crippen molar-refractivity contribution < 1.29 is 24.1 Å². The van der Waals surface area contributed by atoms with Crippen molar-refractivity contribution in [2.75, 3.05) is 13.7 Å². The number of carbonyl (C=O) groups is 1. The summed E-state index contributed by atoms with van der Waals surface area (Å²) in [5.74, 6) is -0.470. The minimum atomic E-state index is -0.731. The Kier molecular flexibility index (Phi) is 6.80. The lowest BCUT2D eigenvalue weighted by Gasteiger charge is -2.08. The summed E-state index contributed by atoms with van der Waals surface area (Å²) < 4.78 is 10.3. The van der Waals surface area contributed by atoms with Crippen LogP contribution in [0.3, 0.4) is 0 Å². The van der Waals surface area contributed by atoms with Crippen molar-refractivity contribution >= 4 is 23.0 Å². The van der Waals surface area contributed by atoms with Crippen LogP contribution in [0.2, 0.25) is 0 Å². The van der Waals surface area contributed by atoms with Crippen molar-refractivity contribution in [2.24, 2.45) is 5.10 Å². The molecule has 11 heteroatoms. The SMILES string of the molecule is CCOc1ccc(/C(C)=N\NC(=O)c2cc([N+](=O)[O-])ccc2OC)cc1[N+](=O)[O-]. The van der Waals surface area contributed by atoms with E-state index in [1.807, 2.05) is 0 Å². The van der Waals surface area contributed by atoms with Crippen molar-refractivity contribution in [2.45, 2.75) is 13.8 Å². The second-order valence-electron chi connectivity index (χ2n) is 5.65. The molecule has 0 aliphatic carbocycles. The molecule has 0 fully saturated rings. The van der Waals surface area contributed by atoms with Crippen LogP contribution in [0.5, 0.6) is 11.5 Å². The van der Waals surface area contributed by atoms with Crippen LogP contribution in [0.25, 0.3) is 0 Å². The van der Waals surface area contributed by atoms with Gasteiger partial charge in [-0.25, -0.2) is 5.43 Å². The maximum atomic E-state index is 12.4. The van der Waals surface area contributed by atoms with E-state index in [1.165, 1.54) is 31.4 Å². The molecule has 0 radical (unpaired) electrons. The summed E-state index contributed by atoms with van der Waals surface area (Å²) in [5.41, 5.74) is 2.37. The molecule has 0 bridgehead atoms. The van der Waals surface area contributed by atoms with Crippen molar-refractivity contribution in [1.29, 1.82) is 0 Å². The van der Waals surface area contributed by atoms with E-state index < -0.39 is 15.8 Å². The standard InChI is InChI=1S/C18H18N4O7/c1-4-29-17-7-5-12(9-15(17)22(26)27)11(2)19-20-18(23)14-10-13(21(24)25)6-8-16(14)28-3/h5-10H,4H2,1-3H3,(H,20,23)/b19-11-. The molecule has 1 N–H and O–H groups in total. The molecular formula is C18H18N4O7. The second kappa shape index (κ2) is 9.26. The molecule has 2 aromatic carbocycles. The van der Waals surface area contributed by atoms with Crippen LogP contribution in [-0.4, -0.2) is 35.2 Å². The van der Waals surface area contributed by atoms with Crippen LogP contribution in [0.4, 0.5) is 11.4 Å². The van der Waals surface area contributed by atoms with E-state index in [2.05, 4.69) is 10.5 Å². The maximum Gasteiger partial charge on any atom is 0.311 e. The molecule has 2 rings (SSSR count). The molecule has 0 heterocycles. The summed E-state index contributed by atoms with van der Waals surface area (Å²) >= 11 is 0. The number of hydrazone groups is 1. The summed E-state index contributed by atoms with van der Waals surface area (Å²) in [7, 11) is 1.32. The molecule has 2 aromatic rings. The number of rotatable bonds is 8. The second-order valence-corrected chi connectivity index (χ2v) is 5.65. The Bertz CT molecular complexity index is 988. The first-order valence-corrected chi connectivity index (χ1v) is 8.37. The van der Waals surface area contributed by atoms with Gasteiger partial charge in [-0.2, -0.15) is 5.10 Å². The number of methoxy groups -OCH3 is 1. The van der Waals surface area contributed by atoms with E-state index in [-0.39, 0.29) is 40.8 Å². The van der Waals surface area contributed by atoms with Gasteiger partial charge in [-0.15, -0.1) is 0 Å². The smallest absolute Gasteiger partial charge is 0.311 e. The first kappa shape index (κ1) is 21.3. The lowest BCUT2D eigenvalue weighted by Crippen LogP contribution is -2.20. The summed E-state index contributed by atoms with van der Waals surface area (Å²) in [6.07, 6.45) is 0. The molecule has 1 amide bonds. The van der Waals surface area contributed by atoms with Crippen molar-refractivity contribution in [1.82, 2.24) is 5.43 Å². The number of amides is 1. The predicted molar refractivity (Wildman–Crippen MR) is 104 cm³/mol. The van der Waals surface area contributed by atoms with Gasteiger partial charge in [0.25, 0.3) is 11.6 Å². The number of non-ortho nitro benzene ring substituents is 1. The Balaban J connectivity index is 2.29. The lowest BCUT2D eigenvalue weighted by atomic mass is 10.1. The predicted octanol–water partition coefficient (Wildman–Crippen LogP) is 3.06. The number of nitrogens with one attached hydrogen (secondary N) is 1. The van der Waals surface area contributed by atoms with Gasteiger partial charge in [0.1, 0.15) is 5.75 Å². The Hall–Kier alpha value is -4.02. The van der Waals surface area contributed by atoms with Gasteiger partial charge in [0.2, 0.25) is 0 Å². The van der Waals surface area contributed by atoms with Gasteiger partial charge < -0.3 is 9.47 Å². The summed E-state index contributed by atoms with van der Waals surface area (Å²) in [6, 6.07) is 7.88. The van der Waals surface area contributed by atoms with E-state index in [4.69, 9.17) is 9.47 Å². The number of ether oxygens (including phenoxy) is 2. The molecule has 0 saturated heterocycles. The average molecular weight is 402 g/mol. The van der Waals surface area contributed by atoms with Crippen LogP contribution < -0.4 is 14.9 Å². The quantitative estimate of drug-likeness (QED) is 0.405. The molecule has 0 aliphatic heterocycles. The number of nitro groups is 2. The van der Waals surface area contributed by atoms with Crippen LogP contribution in [0.15, 0.2) is 41.5 Å². The molecule has 11 nitrogen and oxygen atoms in total. The van der Waals surface area contributed by atoms with E-state index in [0.29, 0.717) is 5.56 Å². The summed E-state index contributed by atoms with van der Waals surface area (Å²) in [5, 5.41) is 26.1.